The Kier molecular flexibility index (Phi) is 7.04. The molecule has 0 saturated heterocycles. The number of hydrogen-bond donors (Lipinski definition) is 1. The largest absolute Gasteiger partial charge is 0.450 e. The van der Waals surface area contributed by atoms with E-state index in [9.17, 15) is 14.4 Å². The van der Waals surface area contributed by atoms with Crippen LogP contribution < -0.4 is 5.32 Å². The molecule has 40 heavy (non-hydrogen) atoms. The van der Waals surface area contributed by atoms with E-state index in [0.29, 0.717) is 21.2 Å². The van der Waals surface area contributed by atoms with Crippen LogP contribution in [-0.4, -0.2) is 24.6 Å². The normalized spacial score (nSPS) is 12.8. The van der Waals surface area contributed by atoms with Gasteiger partial charge in [-0.25, -0.2) is 24.2 Å². The van der Waals surface area contributed by atoms with Crippen LogP contribution in [-0.2, 0) is 29.7 Å². The fourth-order valence-electron chi connectivity index (χ4n) is 4.91. The van der Waals surface area contributed by atoms with Crippen molar-refractivity contribution in [3.8, 4) is 11.1 Å². The van der Waals surface area contributed by atoms with Crippen LogP contribution in [0.3, 0.4) is 0 Å². The Labute approximate surface area is 239 Å². The second-order valence-electron chi connectivity index (χ2n) is 9.58. The standard InChI is InChI=1S/C31H23Cl2NO6/c1-16(2)28(35)38-31(15-34-30(37)40-39-29(36)17(3)4)24-11-5-18-13-20(32)7-9-22(18)26(24)27-23-10-8-21(33)14-19(23)6-12-25(27)31/h5-14H,1,3,15H2,2,4H3,(H,34,37). The molecule has 9 heteroatoms. The van der Waals surface area contributed by atoms with E-state index < -0.39 is 23.6 Å². The van der Waals surface area contributed by atoms with E-state index in [1.165, 1.54) is 13.8 Å². The maximum Gasteiger partial charge on any atom is 0.450 e. The minimum absolute atomic E-state index is 0.0530. The molecule has 0 atom stereocenters. The molecule has 1 aliphatic rings. The van der Waals surface area contributed by atoms with Gasteiger partial charge in [0.2, 0.25) is 0 Å². The van der Waals surface area contributed by atoms with Crippen molar-refractivity contribution in [3.05, 3.63) is 106 Å². The predicted octanol–water partition coefficient (Wildman–Crippen LogP) is 7.40. The molecule has 4 aromatic carbocycles. The molecule has 4 aromatic rings. The molecule has 1 amide bonds. The Morgan fingerprint density at radius 2 is 1.25 bits per heavy atom. The van der Waals surface area contributed by atoms with Gasteiger partial charge in [-0.15, -0.1) is 0 Å². The van der Waals surface area contributed by atoms with Gasteiger partial charge in [-0.05, 0) is 70.8 Å². The summed E-state index contributed by atoms with van der Waals surface area (Å²) in [5.41, 5.74) is 1.64. The number of nitrogens with one attached hydrogen (secondary N) is 1. The van der Waals surface area contributed by atoms with E-state index in [1.54, 1.807) is 12.1 Å². The molecule has 1 N–H and O–H groups in total. The highest BCUT2D eigenvalue weighted by molar-refractivity contribution is 6.32. The minimum atomic E-state index is -1.49. The number of esters is 1. The van der Waals surface area contributed by atoms with E-state index in [2.05, 4.69) is 28.2 Å². The zero-order chi connectivity index (χ0) is 28.8. The van der Waals surface area contributed by atoms with Crippen molar-refractivity contribution in [3.63, 3.8) is 0 Å². The molecule has 7 nitrogen and oxygen atoms in total. The van der Waals surface area contributed by atoms with E-state index in [1.807, 2.05) is 48.5 Å². The highest BCUT2D eigenvalue weighted by atomic mass is 35.5. The Bertz CT molecular complexity index is 1690. The van der Waals surface area contributed by atoms with Crippen molar-refractivity contribution in [1.82, 2.24) is 5.32 Å². The molecular weight excluding hydrogens is 553 g/mol. The molecule has 1 aliphatic carbocycles. The van der Waals surface area contributed by atoms with Crippen LogP contribution in [0.25, 0.3) is 32.7 Å². The molecule has 0 aliphatic heterocycles. The lowest BCUT2D eigenvalue weighted by Gasteiger charge is -2.32. The lowest BCUT2D eigenvalue weighted by molar-refractivity contribution is -0.227. The van der Waals surface area contributed by atoms with E-state index in [0.717, 1.165) is 32.7 Å². The number of ether oxygens (including phenoxy) is 1. The second kappa shape index (κ2) is 10.3. The van der Waals surface area contributed by atoms with Crippen LogP contribution in [0.2, 0.25) is 10.0 Å². The third kappa shape index (κ3) is 4.68. The summed E-state index contributed by atoms with van der Waals surface area (Å²) in [5.74, 6) is -1.56. The first-order chi connectivity index (χ1) is 19.0. The van der Waals surface area contributed by atoms with Gasteiger partial charge in [0.15, 0.2) is 5.60 Å². The SMILES string of the molecule is C=C(C)C(=O)OOC(=O)NCC1(OC(=O)C(=C)C)c2ccc3cc(Cl)ccc3c2-c2c1ccc1cc(Cl)ccc21. The third-order valence-electron chi connectivity index (χ3n) is 6.72. The van der Waals surface area contributed by atoms with Crippen molar-refractivity contribution in [2.24, 2.45) is 0 Å². The molecule has 202 valence electrons. The smallest absolute Gasteiger partial charge is 0.444 e. The van der Waals surface area contributed by atoms with E-state index in [-0.39, 0.29) is 17.7 Å². The van der Waals surface area contributed by atoms with Crippen LogP contribution in [0.4, 0.5) is 4.79 Å². The summed E-state index contributed by atoms with van der Waals surface area (Å²) < 4.78 is 6.19. The molecule has 0 radical (unpaired) electrons. The topological polar surface area (TPSA) is 90.9 Å². The van der Waals surface area contributed by atoms with Gasteiger partial charge in [0.05, 0.1) is 6.54 Å². The van der Waals surface area contributed by atoms with E-state index in [4.69, 9.17) is 27.9 Å². The maximum atomic E-state index is 13.1. The fraction of sp³-hybridized carbons (Fsp3) is 0.129. The highest BCUT2D eigenvalue weighted by Crippen LogP contribution is 2.54. The number of fused-ring (bicyclic) bond motifs is 7. The lowest BCUT2D eigenvalue weighted by atomic mass is 9.89. The quantitative estimate of drug-likeness (QED) is 0.115. The molecule has 5 rings (SSSR count). The molecule has 0 unspecified atom stereocenters. The Morgan fingerprint density at radius 3 is 1.73 bits per heavy atom. The molecule has 0 fully saturated rings. The van der Waals surface area contributed by atoms with Crippen LogP contribution >= 0.6 is 23.2 Å². The van der Waals surface area contributed by atoms with Crippen LogP contribution in [0.15, 0.2) is 85.0 Å². The molecule has 0 saturated carbocycles. The molecule has 0 aromatic heterocycles. The summed E-state index contributed by atoms with van der Waals surface area (Å²) in [4.78, 5) is 46.5. The number of hydrogen-bond acceptors (Lipinski definition) is 6. The Morgan fingerprint density at radius 1 is 0.750 bits per heavy atom. The second-order valence-corrected chi connectivity index (χ2v) is 10.5. The summed E-state index contributed by atoms with van der Waals surface area (Å²) in [7, 11) is 0. The average molecular weight is 576 g/mol. The van der Waals surface area contributed by atoms with Crippen molar-refractivity contribution in [2.75, 3.05) is 6.54 Å². The van der Waals surface area contributed by atoms with Crippen molar-refractivity contribution in [2.45, 2.75) is 19.4 Å². The molecule has 0 spiro atoms. The van der Waals surface area contributed by atoms with Gasteiger partial charge in [0, 0.05) is 32.3 Å². The Balaban J connectivity index is 1.73. The first-order valence-corrected chi connectivity index (χ1v) is 12.9. The summed E-state index contributed by atoms with van der Waals surface area (Å²) in [6.07, 6.45) is -1.06. The van der Waals surface area contributed by atoms with Crippen LogP contribution in [0, 0.1) is 0 Å². The number of carbonyl (C=O) groups is 3. The van der Waals surface area contributed by atoms with Gasteiger partial charge in [-0.2, -0.15) is 0 Å². The predicted molar refractivity (Wildman–Crippen MR) is 154 cm³/mol. The monoisotopic (exact) mass is 575 g/mol. The molecular formula is C31H23Cl2NO6. The van der Waals surface area contributed by atoms with Gasteiger partial charge < -0.3 is 10.1 Å². The van der Waals surface area contributed by atoms with E-state index >= 15 is 0 Å². The number of rotatable bonds is 5. The van der Waals surface area contributed by atoms with Gasteiger partial charge in [-0.3, -0.25) is 0 Å². The minimum Gasteiger partial charge on any atom is -0.444 e. The van der Waals surface area contributed by atoms with Gasteiger partial charge in [-0.1, -0.05) is 72.8 Å². The van der Waals surface area contributed by atoms with Gasteiger partial charge in [0.1, 0.15) is 0 Å². The number of benzene rings is 4. The first-order valence-electron chi connectivity index (χ1n) is 12.2. The third-order valence-corrected chi connectivity index (χ3v) is 7.19. The number of carbonyl (C=O) groups excluding carboxylic acids is 3. The number of halogens is 2. The summed E-state index contributed by atoms with van der Waals surface area (Å²) in [6.45, 7) is 9.89. The summed E-state index contributed by atoms with van der Waals surface area (Å²) in [6, 6.07) is 18.5. The summed E-state index contributed by atoms with van der Waals surface area (Å²) in [5, 5.41) is 7.23. The lowest BCUT2D eigenvalue weighted by Crippen LogP contribution is -2.44. The number of amides is 1. The average Bonchev–Trinajstić information content (AvgIpc) is 3.19. The van der Waals surface area contributed by atoms with Crippen molar-refractivity contribution >= 4 is 62.8 Å². The van der Waals surface area contributed by atoms with Crippen molar-refractivity contribution < 1.29 is 28.9 Å². The fourth-order valence-corrected chi connectivity index (χ4v) is 5.27. The van der Waals surface area contributed by atoms with Gasteiger partial charge >= 0.3 is 18.0 Å². The first kappa shape index (κ1) is 27.2. The van der Waals surface area contributed by atoms with Gasteiger partial charge in [0.25, 0.3) is 0 Å². The Hall–Kier alpha value is -4.33. The highest BCUT2D eigenvalue weighted by Gasteiger charge is 2.48. The zero-order valence-electron chi connectivity index (χ0n) is 21.6. The van der Waals surface area contributed by atoms with Crippen LogP contribution in [0.5, 0.6) is 0 Å². The van der Waals surface area contributed by atoms with Crippen LogP contribution in [0.1, 0.15) is 25.0 Å². The van der Waals surface area contributed by atoms with Crippen molar-refractivity contribution in [1.29, 1.82) is 0 Å². The maximum absolute atomic E-state index is 13.1. The molecule has 0 heterocycles. The zero-order valence-corrected chi connectivity index (χ0v) is 23.1. The molecule has 0 bridgehead atoms. The summed E-state index contributed by atoms with van der Waals surface area (Å²) >= 11 is 12.6.